The molecule has 5 rings (SSSR count). The van der Waals surface area contributed by atoms with E-state index >= 15 is 0 Å². The van der Waals surface area contributed by atoms with Crippen LogP contribution in [0.5, 0.6) is 11.5 Å². The quantitative estimate of drug-likeness (QED) is 0.172. The fourth-order valence-corrected chi connectivity index (χ4v) is 4.47. The molecule has 0 atom stereocenters. The van der Waals surface area contributed by atoms with Gasteiger partial charge in [-0.25, -0.2) is 0 Å². The molecule has 0 aliphatic rings. The molecule has 0 unspecified atom stereocenters. The predicted molar refractivity (Wildman–Crippen MR) is 144 cm³/mol. The Morgan fingerprint density at radius 2 is 1.61 bits per heavy atom. The second kappa shape index (κ2) is 10.6. The topological polar surface area (TPSA) is 48.4 Å². The minimum absolute atomic E-state index is 0.340. The van der Waals surface area contributed by atoms with E-state index in [0.29, 0.717) is 17.4 Å². The first-order valence-electron chi connectivity index (χ1n) is 11.7. The molecule has 0 N–H and O–H groups in total. The van der Waals surface area contributed by atoms with Crippen LogP contribution in [-0.2, 0) is 17.8 Å². The first-order valence-corrected chi connectivity index (χ1v) is 12.1. The third kappa shape index (κ3) is 5.40. The van der Waals surface area contributed by atoms with Crippen LogP contribution in [0.3, 0.4) is 0 Å². The molecule has 1 heterocycles. The van der Waals surface area contributed by atoms with Gasteiger partial charge < -0.3 is 9.47 Å². The number of hydrogen-bond acceptors (Lipinski definition) is 4. The Morgan fingerprint density at radius 3 is 2.39 bits per heavy atom. The van der Waals surface area contributed by atoms with Gasteiger partial charge in [0.25, 0.3) is 0 Å². The summed E-state index contributed by atoms with van der Waals surface area (Å²) < 4.78 is 11.2. The maximum absolute atomic E-state index is 11.1. The average molecular weight is 494 g/mol. The van der Waals surface area contributed by atoms with Crippen molar-refractivity contribution in [1.82, 2.24) is 4.98 Å². The van der Waals surface area contributed by atoms with E-state index in [1.165, 1.54) is 12.5 Å². The summed E-state index contributed by atoms with van der Waals surface area (Å²) in [5.41, 5.74) is 6.23. The highest BCUT2D eigenvalue weighted by atomic mass is 35.5. The van der Waals surface area contributed by atoms with Crippen LogP contribution in [-0.4, -0.2) is 11.0 Å². The molecule has 0 bridgehead atoms. The Balaban J connectivity index is 1.47. The number of ether oxygens (including phenoxy) is 2. The van der Waals surface area contributed by atoms with Crippen molar-refractivity contribution in [2.75, 3.05) is 0 Å². The number of halogens is 1. The van der Waals surface area contributed by atoms with Crippen LogP contribution in [0, 0.1) is 0 Å². The van der Waals surface area contributed by atoms with Crippen LogP contribution in [0.15, 0.2) is 103 Å². The van der Waals surface area contributed by atoms with Crippen molar-refractivity contribution in [3.8, 4) is 22.6 Å². The Hall–Kier alpha value is -4.15. The van der Waals surface area contributed by atoms with Crippen LogP contribution in [0.1, 0.15) is 23.6 Å². The third-order valence-electron chi connectivity index (χ3n) is 5.88. The van der Waals surface area contributed by atoms with Gasteiger partial charge in [0.2, 0.25) is 0 Å². The molecule has 1 aromatic heterocycles. The summed E-state index contributed by atoms with van der Waals surface area (Å²) in [6.07, 6.45) is 2.68. The number of pyridine rings is 1. The van der Waals surface area contributed by atoms with Gasteiger partial charge in [0.05, 0.1) is 10.5 Å². The number of para-hydroxylation sites is 1. The summed E-state index contributed by atoms with van der Waals surface area (Å²) in [4.78, 5) is 15.8. The van der Waals surface area contributed by atoms with E-state index in [1.807, 2.05) is 60.8 Å². The van der Waals surface area contributed by atoms with Crippen molar-refractivity contribution in [3.05, 3.63) is 125 Å². The summed E-state index contributed by atoms with van der Waals surface area (Å²) in [5.74, 6) is 0.934. The number of carbonyl (C=O) groups excluding carboxylic acids is 1. The smallest absolute Gasteiger partial charge is 0.308 e. The number of fused-ring (bicyclic) bond motifs is 1. The normalized spacial score (nSPS) is 10.8. The second-order valence-electron chi connectivity index (χ2n) is 8.51. The molecule has 5 heteroatoms. The predicted octanol–water partition coefficient (Wildman–Crippen LogP) is 7.65. The minimum Gasteiger partial charge on any atom is -0.489 e. The van der Waals surface area contributed by atoms with E-state index in [9.17, 15) is 4.79 Å². The molecule has 0 aliphatic carbocycles. The van der Waals surface area contributed by atoms with Gasteiger partial charge in [-0.3, -0.25) is 9.78 Å². The monoisotopic (exact) mass is 493 g/mol. The number of rotatable bonds is 7. The number of hydrogen-bond donors (Lipinski definition) is 0. The van der Waals surface area contributed by atoms with Crippen LogP contribution in [0.2, 0.25) is 5.02 Å². The first kappa shape index (κ1) is 23.6. The Bertz CT molecular complexity index is 1510. The highest BCUT2D eigenvalue weighted by molar-refractivity contribution is 6.35. The molecule has 0 spiro atoms. The van der Waals surface area contributed by atoms with Gasteiger partial charge >= 0.3 is 5.97 Å². The van der Waals surface area contributed by atoms with E-state index in [4.69, 9.17) is 26.1 Å². The molecule has 0 radical (unpaired) electrons. The zero-order valence-electron chi connectivity index (χ0n) is 19.8. The fraction of sp³-hybridized carbons (Fsp3) is 0.0968. The molecule has 0 amide bonds. The van der Waals surface area contributed by atoms with Gasteiger partial charge in [-0.1, -0.05) is 78.3 Å². The van der Waals surface area contributed by atoms with Crippen molar-refractivity contribution in [1.29, 1.82) is 0 Å². The average Bonchev–Trinajstić information content (AvgIpc) is 2.89. The van der Waals surface area contributed by atoms with Crippen molar-refractivity contribution >= 4 is 28.5 Å². The van der Waals surface area contributed by atoms with E-state index < -0.39 is 0 Å². The standard InChI is InChI=1S/C31H24ClNO3/c1-21(34)36-26-15-13-23(14-16-26)20-35-27-10-5-9-24(18-27)30-25(17-22-7-3-2-4-8-22)19-33-31-28(30)11-6-12-29(31)32/h2-16,18-19H,17,20H2,1H3. The summed E-state index contributed by atoms with van der Waals surface area (Å²) in [6, 6.07) is 31.6. The molecule has 0 aliphatic heterocycles. The van der Waals surface area contributed by atoms with Gasteiger partial charge in [0.1, 0.15) is 18.1 Å². The van der Waals surface area contributed by atoms with E-state index in [-0.39, 0.29) is 5.97 Å². The number of carbonyl (C=O) groups is 1. The van der Waals surface area contributed by atoms with E-state index in [1.54, 1.807) is 12.1 Å². The second-order valence-corrected chi connectivity index (χ2v) is 8.92. The lowest BCUT2D eigenvalue weighted by Crippen LogP contribution is -2.01. The zero-order valence-corrected chi connectivity index (χ0v) is 20.5. The number of esters is 1. The van der Waals surface area contributed by atoms with Gasteiger partial charge in [0, 0.05) is 18.5 Å². The lowest BCUT2D eigenvalue weighted by Gasteiger charge is -2.15. The molecule has 4 aromatic carbocycles. The number of nitrogens with zero attached hydrogens (tertiary/aromatic N) is 1. The van der Waals surface area contributed by atoms with Crippen molar-refractivity contribution in [2.45, 2.75) is 20.0 Å². The zero-order chi connectivity index (χ0) is 24.9. The molecule has 4 nitrogen and oxygen atoms in total. The summed E-state index contributed by atoms with van der Waals surface area (Å²) in [7, 11) is 0. The highest BCUT2D eigenvalue weighted by Crippen LogP contribution is 2.36. The van der Waals surface area contributed by atoms with Crippen LogP contribution in [0.4, 0.5) is 0 Å². The molecule has 0 fully saturated rings. The van der Waals surface area contributed by atoms with Crippen molar-refractivity contribution < 1.29 is 14.3 Å². The van der Waals surface area contributed by atoms with Crippen molar-refractivity contribution in [3.63, 3.8) is 0 Å². The van der Waals surface area contributed by atoms with Gasteiger partial charge in [-0.05, 0) is 64.6 Å². The molecule has 0 saturated heterocycles. The summed E-state index contributed by atoms with van der Waals surface area (Å²) >= 11 is 6.50. The van der Waals surface area contributed by atoms with Gasteiger partial charge in [-0.15, -0.1) is 0 Å². The van der Waals surface area contributed by atoms with E-state index in [2.05, 4.69) is 30.3 Å². The molecule has 0 saturated carbocycles. The van der Waals surface area contributed by atoms with Gasteiger partial charge in [0.15, 0.2) is 0 Å². The lowest BCUT2D eigenvalue weighted by molar-refractivity contribution is -0.131. The third-order valence-corrected chi connectivity index (χ3v) is 6.18. The van der Waals surface area contributed by atoms with Crippen LogP contribution in [0.25, 0.3) is 22.0 Å². The van der Waals surface area contributed by atoms with E-state index in [0.717, 1.165) is 45.3 Å². The molecule has 36 heavy (non-hydrogen) atoms. The van der Waals surface area contributed by atoms with Crippen LogP contribution >= 0.6 is 11.6 Å². The lowest BCUT2D eigenvalue weighted by atomic mass is 9.93. The Kier molecular flexibility index (Phi) is 6.96. The fourth-order valence-electron chi connectivity index (χ4n) is 4.25. The summed E-state index contributed by atoms with van der Waals surface area (Å²) in [5, 5.41) is 1.64. The van der Waals surface area contributed by atoms with Crippen LogP contribution < -0.4 is 9.47 Å². The number of benzene rings is 4. The molecule has 5 aromatic rings. The highest BCUT2D eigenvalue weighted by Gasteiger charge is 2.14. The number of aromatic nitrogens is 1. The maximum atomic E-state index is 11.1. The molecular weight excluding hydrogens is 470 g/mol. The minimum atomic E-state index is -0.340. The Labute approximate surface area is 215 Å². The van der Waals surface area contributed by atoms with Crippen molar-refractivity contribution in [2.24, 2.45) is 0 Å². The summed E-state index contributed by atoms with van der Waals surface area (Å²) in [6.45, 7) is 1.78. The maximum Gasteiger partial charge on any atom is 0.308 e. The molecule has 178 valence electrons. The Morgan fingerprint density at radius 1 is 0.833 bits per heavy atom. The first-order chi connectivity index (χ1) is 17.6. The SMILES string of the molecule is CC(=O)Oc1ccc(COc2cccc(-c3c(Cc4ccccc4)cnc4c(Cl)cccc34)c2)cc1. The van der Waals surface area contributed by atoms with Gasteiger partial charge in [-0.2, -0.15) is 0 Å². The molecular formula is C31H24ClNO3. The largest absolute Gasteiger partial charge is 0.489 e.